The molecule has 0 saturated carbocycles. The number of nitrogens with one attached hydrogen (secondary N) is 1. The number of thiophene rings is 1. The first-order valence-corrected chi connectivity index (χ1v) is 13.1. The van der Waals surface area contributed by atoms with Crippen LogP contribution in [0.1, 0.15) is 50.8 Å². The van der Waals surface area contributed by atoms with Crippen LogP contribution in [0.2, 0.25) is 0 Å². The van der Waals surface area contributed by atoms with Crippen LogP contribution in [0.25, 0.3) is 10.1 Å². The summed E-state index contributed by atoms with van der Waals surface area (Å²) in [4.78, 5) is 40.1. The summed E-state index contributed by atoms with van der Waals surface area (Å²) in [6.45, 7) is 2.00. The predicted octanol–water partition coefficient (Wildman–Crippen LogP) is 3.35. The molecule has 2 amide bonds. The highest BCUT2D eigenvalue weighted by atomic mass is 32.1. The van der Waals surface area contributed by atoms with Gasteiger partial charge < -0.3 is 37.3 Å². The Morgan fingerprint density at radius 2 is 1.93 bits per heavy atom. The molecule has 0 radical (unpaired) electrons. The second-order valence-corrected chi connectivity index (χ2v) is 11.0. The summed E-state index contributed by atoms with van der Waals surface area (Å²) in [5, 5.41) is 12.6. The third kappa shape index (κ3) is 4.51. The Morgan fingerprint density at radius 3 is 2.58 bits per heavy atom. The zero-order chi connectivity index (χ0) is 29.1. The van der Waals surface area contributed by atoms with Crippen LogP contribution in [0, 0.1) is 6.92 Å². The van der Waals surface area contributed by atoms with Crippen LogP contribution in [-0.4, -0.2) is 53.3 Å². The van der Waals surface area contributed by atoms with Gasteiger partial charge in [0.25, 0.3) is 5.91 Å². The number of amides is 2. The van der Waals surface area contributed by atoms with Gasteiger partial charge in [-0.05, 0) is 54.7 Å². The average molecular weight is 578 g/mol. The second-order valence-electron chi connectivity index (χ2n) is 9.97. The van der Waals surface area contributed by atoms with Crippen molar-refractivity contribution in [1.29, 1.82) is 0 Å². The topological polar surface area (TPSA) is 174 Å². The molecule has 3 aromatic rings. The number of carbonyl (C=O) groups is 3. The molecule has 3 unspecified atom stereocenters. The van der Waals surface area contributed by atoms with Crippen molar-refractivity contribution in [3.63, 3.8) is 0 Å². The van der Waals surface area contributed by atoms with Crippen molar-refractivity contribution < 1.29 is 37.4 Å². The number of nitrogens with two attached hydrogens (primary N) is 3. The molecule has 1 fully saturated rings. The second kappa shape index (κ2) is 9.64. The van der Waals surface area contributed by atoms with Crippen molar-refractivity contribution in [2.24, 2.45) is 11.5 Å². The fourth-order valence-corrected chi connectivity index (χ4v) is 6.83. The minimum atomic E-state index is -4.90. The normalized spacial score (nSPS) is 22.9. The number of rotatable bonds is 4. The molecule has 5 rings (SSSR count). The number of aryl methyl sites for hydroxylation is 1. The summed E-state index contributed by atoms with van der Waals surface area (Å²) in [7, 11) is 0. The van der Waals surface area contributed by atoms with Gasteiger partial charge in [-0.15, -0.1) is 24.5 Å². The lowest BCUT2D eigenvalue weighted by Gasteiger charge is -2.37. The van der Waals surface area contributed by atoms with Crippen molar-refractivity contribution in [1.82, 2.24) is 10.2 Å². The first-order chi connectivity index (χ1) is 18.7. The van der Waals surface area contributed by atoms with E-state index in [1.165, 1.54) is 17.9 Å². The highest BCUT2D eigenvalue weighted by Gasteiger charge is 2.49. The van der Waals surface area contributed by atoms with E-state index in [0.29, 0.717) is 40.7 Å². The summed E-state index contributed by atoms with van der Waals surface area (Å²) in [5.41, 5.74) is 19.1. The molecule has 0 spiro atoms. The average Bonchev–Trinajstić information content (AvgIpc) is 3.28. The molecule has 14 heteroatoms. The van der Waals surface area contributed by atoms with Gasteiger partial charge in [0.1, 0.15) is 11.3 Å². The van der Waals surface area contributed by atoms with E-state index in [2.05, 4.69) is 10.1 Å². The van der Waals surface area contributed by atoms with E-state index in [1.54, 1.807) is 12.1 Å². The summed E-state index contributed by atoms with van der Waals surface area (Å²) < 4.78 is 42.7. The SMILES string of the molecule is Cc1cc(OC(F)(F)F)ccc1C1(N)C(=O)C(N)c2c(C(=O)NC3CCCN(C(=O)O)C3)sc3c(N)ccc1c23. The number of alkyl halides is 3. The number of piperidine rings is 1. The maximum atomic E-state index is 13.9. The molecule has 1 aliphatic carbocycles. The van der Waals surface area contributed by atoms with Crippen LogP contribution >= 0.6 is 11.3 Å². The number of ether oxygens (including phenoxy) is 1. The first kappa shape index (κ1) is 27.7. The predicted molar refractivity (Wildman–Crippen MR) is 141 cm³/mol. The molecule has 2 aliphatic rings. The molecule has 212 valence electrons. The number of carbonyl (C=O) groups excluding carboxylic acids is 2. The highest BCUT2D eigenvalue weighted by molar-refractivity contribution is 7.21. The fraction of sp³-hybridized carbons (Fsp3) is 0.346. The molecule has 2 heterocycles. The number of benzene rings is 2. The van der Waals surface area contributed by atoms with Gasteiger partial charge in [0.15, 0.2) is 5.78 Å². The van der Waals surface area contributed by atoms with Gasteiger partial charge >= 0.3 is 12.5 Å². The van der Waals surface area contributed by atoms with Gasteiger partial charge in [0.05, 0.1) is 15.6 Å². The number of carboxylic acid groups (broad SMARTS) is 1. The van der Waals surface area contributed by atoms with E-state index in [1.807, 2.05) is 0 Å². The van der Waals surface area contributed by atoms with E-state index < -0.39 is 47.5 Å². The van der Waals surface area contributed by atoms with Gasteiger partial charge in [-0.1, -0.05) is 12.1 Å². The fourth-order valence-electron chi connectivity index (χ4n) is 5.62. The number of hydrogen-bond acceptors (Lipinski definition) is 8. The molecule has 8 N–H and O–H groups in total. The summed E-state index contributed by atoms with van der Waals surface area (Å²) >= 11 is 1.05. The molecule has 40 heavy (non-hydrogen) atoms. The Kier molecular flexibility index (Phi) is 6.67. The van der Waals surface area contributed by atoms with Crippen LogP contribution in [0.4, 0.5) is 23.7 Å². The number of nitrogen functional groups attached to an aromatic ring is 1. The molecule has 2 aromatic carbocycles. The smallest absolute Gasteiger partial charge is 0.465 e. The highest BCUT2D eigenvalue weighted by Crippen LogP contribution is 2.50. The van der Waals surface area contributed by atoms with Gasteiger partial charge in [-0.25, -0.2) is 4.79 Å². The number of hydrogen-bond donors (Lipinski definition) is 5. The Hall–Kier alpha value is -3.88. The summed E-state index contributed by atoms with van der Waals surface area (Å²) in [5.74, 6) is -1.64. The van der Waals surface area contributed by atoms with Crippen LogP contribution in [0.3, 0.4) is 0 Å². The number of likely N-dealkylation sites (tertiary alicyclic amines) is 1. The van der Waals surface area contributed by atoms with E-state index in [-0.39, 0.29) is 28.1 Å². The summed E-state index contributed by atoms with van der Waals surface area (Å²) in [6.07, 6.45) is -4.82. The van der Waals surface area contributed by atoms with Crippen molar-refractivity contribution in [2.45, 2.75) is 43.8 Å². The van der Waals surface area contributed by atoms with Crippen molar-refractivity contribution in [3.8, 4) is 5.75 Å². The largest absolute Gasteiger partial charge is 0.573 e. The lowest BCUT2D eigenvalue weighted by atomic mass is 9.69. The standard InChI is InChI=1S/C26H26F3N5O5S/c1-11-9-13(39-26(27,28)29)4-5-14(11)25(32)15-6-7-16(30)20-17(15)18(19(31)22(25)35)21(40-20)23(36)33-12-3-2-8-34(10-12)24(37)38/h4-7,9,12,19H,2-3,8,10,30-32H2,1H3,(H,33,36)(H,37,38). The number of ketones is 1. The zero-order valence-electron chi connectivity index (χ0n) is 21.2. The third-order valence-electron chi connectivity index (χ3n) is 7.40. The number of halogens is 3. The number of nitrogens with zero attached hydrogens (tertiary/aromatic N) is 1. The van der Waals surface area contributed by atoms with E-state index in [4.69, 9.17) is 17.2 Å². The molecule has 0 bridgehead atoms. The molecular formula is C26H26F3N5O5S. The van der Waals surface area contributed by atoms with Gasteiger partial charge in [-0.3, -0.25) is 9.59 Å². The minimum Gasteiger partial charge on any atom is -0.465 e. The lowest BCUT2D eigenvalue weighted by Crippen LogP contribution is -2.53. The Balaban J connectivity index is 1.59. The zero-order valence-corrected chi connectivity index (χ0v) is 22.0. The van der Waals surface area contributed by atoms with Crippen LogP contribution in [0.15, 0.2) is 30.3 Å². The number of Topliss-reactive ketones (excluding diaryl/α,β-unsaturated/α-hetero) is 1. The molecule has 10 nitrogen and oxygen atoms in total. The van der Waals surface area contributed by atoms with Crippen molar-refractivity contribution >= 4 is 44.9 Å². The van der Waals surface area contributed by atoms with E-state index in [0.717, 1.165) is 23.5 Å². The molecule has 1 aromatic heterocycles. The first-order valence-electron chi connectivity index (χ1n) is 12.3. The Bertz CT molecular complexity index is 1560. The van der Waals surface area contributed by atoms with Crippen LogP contribution in [-0.2, 0) is 10.3 Å². The van der Waals surface area contributed by atoms with Crippen molar-refractivity contribution in [2.75, 3.05) is 18.8 Å². The van der Waals surface area contributed by atoms with E-state index >= 15 is 0 Å². The van der Waals surface area contributed by atoms with E-state index in [9.17, 15) is 32.7 Å². The molecule has 3 atom stereocenters. The summed E-state index contributed by atoms with van der Waals surface area (Å²) in [6, 6.07) is 4.84. The van der Waals surface area contributed by atoms with Crippen LogP contribution in [0.5, 0.6) is 5.75 Å². The monoisotopic (exact) mass is 577 g/mol. The maximum absolute atomic E-state index is 13.9. The van der Waals surface area contributed by atoms with Crippen LogP contribution < -0.4 is 27.3 Å². The molecule has 1 saturated heterocycles. The number of anilines is 1. The maximum Gasteiger partial charge on any atom is 0.573 e. The van der Waals surface area contributed by atoms with Gasteiger partial charge in [0, 0.05) is 35.8 Å². The molecule has 1 aliphatic heterocycles. The van der Waals surface area contributed by atoms with Gasteiger partial charge in [0.2, 0.25) is 0 Å². The Labute approximate surface area is 229 Å². The van der Waals surface area contributed by atoms with Gasteiger partial charge in [-0.2, -0.15) is 0 Å². The lowest BCUT2D eigenvalue weighted by molar-refractivity contribution is -0.274. The Morgan fingerprint density at radius 1 is 1.23 bits per heavy atom. The molecular weight excluding hydrogens is 551 g/mol. The minimum absolute atomic E-state index is 0.124. The third-order valence-corrected chi connectivity index (χ3v) is 8.66. The quantitative estimate of drug-likeness (QED) is 0.294. The van der Waals surface area contributed by atoms with Crippen molar-refractivity contribution in [3.05, 3.63) is 57.5 Å².